The van der Waals surface area contributed by atoms with E-state index >= 15 is 0 Å². The van der Waals surface area contributed by atoms with Crippen molar-refractivity contribution in [1.29, 1.82) is 0 Å². The molecular formula is C9H14N2O3. The zero-order chi connectivity index (χ0) is 10.4. The average molecular weight is 198 g/mol. The van der Waals surface area contributed by atoms with Gasteiger partial charge in [-0.25, -0.2) is 4.79 Å². The highest BCUT2D eigenvalue weighted by molar-refractivity contribution is 6.01. The van der Waals surface area contributed by atoms with E-state index in [2.05, 4.69) is 5.16 Å². The van der Waals surface area contributed by atoms with Gasteiger partial charge in [-0.2, -0.15) is 0 Å². The van der Waals surface area contributed by atoms with Gasteiger partial charge in [-0.1, -0.05) is 5.16 Å². The predicted octanol–water partition coefficient (Wildman–Crippen LogP) is 0.186. The normalized spacial score (nSPS) is 40.1. The Hall–Kier alpha value is -1.10. The molecule has 1 saturated carbocycles. The summed E-state index contributed by atoms with van der Waals surface area (Å²) in [5.74, 6) is -0.418. The molecule has 14 heavy (non-hydrogen) atoms. The van der Waals surface area contributed by atoms with Crippen molar-refractivity contribution in [2.24, 2.45) is 10.9 Å². The first kappa shape index (κ1) is 9.45. The van der Waals surface area contributed by atoms with E-state index in [1.54, 1.807) is 6.92 Å². The fourth-order valence-electron chi connectivity index (χ4n) is 2.36. The van der Waals surface area contributed by atoms with Gasteiger partial charge in [-0.05, 0) is 19.8 Å². The third-order valence-electron chi connectivity index (χ3n) is 3.32. The number of oxime groups is 1. The zero-order valence-corrected chi connectivity index (χ0v) is 8.37. The molecule has 2 atom stereocenters. The van der Waals surface area contributed by atoms with Gasteiger partial charge in [0.05, 0.1) is 12.8 Å². The molecule has 2 rings (SSSR count). The Kier molecular flexibility index (Phi) is 1.82. The summed E-state index contributed by atoms with van der Waals surface area (Å²) >= 11 is 0. The van der Waals surface area contributed by atoms with Gasteiger partial charge in [0.25, 0.3) is 5.60 Å². The van der Waals surface area contributed by atoms with Crippen LogP contribution in [0.5, 0.6) is 0 Å². The van der Waals surface area contributed by atoms with Crippen LogP contribution in [0.3, 0.4) is 0 Å². The predicted molar refractivity (Wildman–Crippen MR) is 49.7 cm³/mol. The van der Waals surface area contributed by atoms with Gasteiger partial charge in [0.15, 0.2) is 0 Å². The summed E-state index contributed by atoms with van der Waals surface area (Å²) in [5, 5.41) is 3.82. The van der Waals surface area contributed by atoms with E-state index < -0.39 is 17.1 Å². The SMILES string of the molecule is COC(=O)C12CCCC1(N)C(C)=NO2. The average Bonchev–Trinajstić information content (AvgIpc) is 2.63. The number of ether oxygens (including phenoxy) is 1. The minimum Gasteiger partial charge on any atom is -0.466 e. The Balaban J connectivity index is 2.42. The van der Waals surface area contributed by atoms with Crippen LogP contribution < -0.4 is 5.73 Å². The maximum atomic E-state index is 11.7. The molecule has 1 aliphatic heterocycles. The minimum absolute atomic E-state index is 0.418. The number of carbonyl (C=O) groups excluding carboxylic acids is 1. The Morgan fingerprint density at radius 1 is 1.64 bits per heavy atom. The third kappa shape index (κ3) is 0.829. The van der Waals surface area contributed by atoms with Crippen molar-refractivity contribution in [3.05, 3.63) is 0 Å². The van der Waals surface area contributed by atoms with Crippen LogP contribution in [-0.2, 0) is 14.4 Å². The standard InChI is InChI=1S/C9H14N2O3/c1-6-8(10)4-3-5-9(8,14-11-6)7(12)13-2/h3-5,10H2,1-2H3. The minimum atomic E-state index is -1.06. The van der Waals surface area contributed by atoms with E-state index in [1.165, 1.54) is 7.11 Å². The molecule has 5 heteroatoms. The number of nitrogens with zero attached hydrogens (tertiary/aromatic N) is 1. The second-order valence-corrected chi connectivity index (χ2v) is 3.91. The molecule has 1 fully saturated rings. The highest BCUT2D eigenvalue weighted by Gasteiger charge is 2.66. The van der Waals surface area contributed by atoms with Crippen LogP contribution in [-0.4, -0.2) is 29.9 Å². The van der Waals surface area contributed by atoms with Crippen molar-refractivity contribution in [3.8, 4) is 0 Å². The van der Waals surface area contributed by atoms with Gasteiger partial charge in [-0.3, -0.25) is 0 Å². The smallest absolute Gasteiger partial charge is 0.355 e. The van der Waals surface area contributed by atoms with E-state index in [0.29, 0.717) is 12.1 Å². The summed E-state index contributed by atoms with van der Waals surface area (Å²) < 4.78 is 4.74. The van der Waals surface area contributed by atoms with Gasteiger partial charge in [0.1, 0.15) is 5.54 Å². The number of carbonyl (C=O) groups is 1. The van der Waals surface area contributed by atoms with Gasteiger partial charge in [-0.15, -0.1) is 0 Å². The second kappa shape index (κ2) is 2.70. The summed E-state index contributed by atoms with van der Waals surface area (Å²) in [5.41, 5.74) is 5.02. The molecule has 0 radical (unpaired) electrons. The van der Waals surface area contributed by atoms with Crippen LogP contribution in [0.25, 0.3) is 0 Å². The number of nitrogens with two attached hydrogens (primary N) is 1. The molecule has 2 unspecified atom stereocenters. The molecule has 78 valence electrons. The van der Waals surface area contributed by atoms with Crippen molar-refractivity contribution in [3.63, 3.8) is 0 Å². The number of hydrogen-bond donors (Lipinski definition) is 1. The third-order valence-corrected chi connectivity index (χ3v) is 3.32. The highest BCUT2D eigenvalue weighted by Crippen LogP contribution is 2.46. The van der Waals surface area contributed by atoms with E-state index in [9.17, 15) is 4.79 Å². The summed E-state index contributed by atoms with van der Waals surface area (Å²) in [6.45, 7) is 1.79. The number of esters is 1. The molecule has 1 aliphatic carbocycles. The number of methoxy groups -OCH3 is 1. The second-order valence-electron chi connectivity index (χ2n) is 3.91. The molecule has 0 bridgehead atoms. The van der Waals surface area contributed by atoms with Crippen molar-refractivity contribution in [2.75, 3.05) is 7.11 Å². The van der Waals surface area contributed by atoms with Crippen LogP contribution in [0, 0.1) is 0 Å². The van der Waals surface area contributed by atoms with E-state index in [4.69, 9.17) is 15.3 Å². The Morgan fingerprint density at radius 3 is 3.00 bits per heavy atom. The summed E-state index contributed by atoms with van der Waals surface area (Å²) in [6.07, 6.45) is 2.16. The van der Waals surface area contributed by atoms with E-state index in [0.717, 1.165) is 12.8 Å². The largest absolute Gasteiger partial charge is 0.466 e. The first-order valence-corrected chi connectivity index (χ1v) is 4.67. The molecule has 2 N–H and O–H groups in total. The van der Waals surface area contributed by atoms with Crippen molar-refractivity contribution in [1.82, 2.24) is 0 Å². The Morgan fingerprint density at radius 2 is 2.36 bits per heavy atom. The fraction of sp³-hybridized carbons (Fsp3) is 0.778. The molecular weight excluding hydrogens is 184 g/mol. The fourth-order valence-corrected chi connectivity index (χ4v) is 2.36. The lowest BCUT2D eigenvalue weighted by Crippen LogP contribution is -2.62. The first-order chi connectivity index (χ1) is 6.57. The molecule has 5 nitrogen and oxygen atoms in total. The Labute approximate surface area is 82.2 Å². The van der Waals surface area contributed by atoms with Gasteiger partial charge in [0.2, 0.25) is 0 Å². The molecule has 0 aromatic carbocycles. The van der Waals surface area contributed by atoms with E-state index in [1.807, 2.05) is 0 Å². The lowest BCUT2D eigenvalue weighted by molar-refractivity contribution is -0.169. The number of hydrogen-bond acceptors (Lipinski definition) is 5. The molecule has 0 aromatic heterocycles. The quantitative estimate of drug-likeness (QED) is 0.610. The van der Waals surface area contributed by atoms with Gasteiger partial charge in [0, 0.05) is 6.42 Å². The van der Waals surface area contributed by atoms with Crippen molar-refractivity contribution in [2.45, 2.75) is 37.3 Å². The van der Waals surface area contributed by atoms with Crippen molar-refractivity contribution >= 4 is 11.7 Å². The van der Waals surface area contributed by atoms with Crippen molar-refractivity contribution < 1.29 is 14.4 Å². The monoisotopic (exact) mass is 198 g/mol. The molecule has 0 saturated heterocycles. The van der Waals surface area contributed by atoms with Gasteiger partial charge >= 0.3 is 5.97 Å². The number of fused-ring (bicyclic) bond motifs is 1. The van der Waals surface area contributed by atoms with E-state index in [-0.39, 0.29) is 0 Å². The zero-order valence-electron chi connectivity index (χ0n) is 8.37. The lowest BCUT2D eigenvalue weighted by Gasteiger charge is -2.31. The highest BCUT2D eigenvalue weighted by atomic mass is 16.7. The van der Waals surface area contributed by atoms with Crippen LogP contribution in [0.1, 0.15) is 26.2 Å². The maximum Gasteiger partial charge on any atom is 0.355 e. The molecule has 1 heterocycles. The summed E-state index contributed by atoms with van der Waals surface area (Å²) in [6, 6.07) is 0. The van der Waals surface area contributed by atoms with Crippen LogP contribution >= 0.6 is 0 Å². The van der Waals surface area contributed by atoms with Crippen LogP contribution in [0.4, 0.5) is 0 Å². The molecule has 2 aliphatic rings. The summed E-state index contributed by atoms with van der Waals surface area (Å²) in [4.78, 5) is 16.9. The number of rotatable bonds is 1. The Bertz CT molecular complexity index is 315. The summed E-state index contributed by atoms with van der Waals surface area (Å²) in [7, 11) is 1.34. The van der Waals surface area contributed by atoms with Crippen LogP contribution in [0.15, 0.2) is 5.16 Å². The van der Waals surface area contributed by atoms with Gasteiger partial charge < -0.3 is 15.3 Å². The molecule has 0 aromatic rings. The topological polar surface area (TPSA) is 73.9 Å². The maximum absolute atomic E-state index is 11.7. The lowest BCUT2D eigenvalue weighted by atomic mass is 9.81. The molecule has 0 spiro atoms. The molecule has 0 amide bonds. The first-order valence-electron chi connectivity index (χ1n) is 4.67. The van der Waals surface area contributed by atoms with Crippen LogP contribution in [0.2, 0.25) is 0 Å².